The lowest BCUT2D eigenvalue weighted by molar-refractivity contribution is -0.123. The van der Waals surface area contributed by atoms with Crippen LogP contribution in [0.25, 0.3) is 0 Å². The van der Waals surface area contributed by atoms with Gasteiger partial charge in [-0.1, -0.05) is 13.8 Å². The number of fused-ring (bicyclic) bond motifs is 1. The molecule has 2 rings (SSSR count). The van der Waals surface area contributed by atoms with Crippen LogP contribution in [0, 0.1) is 5.92 Å². The Bertz CT molecular complexity index is 725. The normalized spacial score (nSPS) is 18.1. The number of benzene rings is 1. The first-order valence-corrected chi connectivity index (χ1v) is 8.95. The van der Waals surface area contributed by atoms with Gasteiger partial charge in [-0.25, -0.2) is 8.42 Å². The zero-order valence-corrected chi connectivity index (χ0v) is 13.9. The fourth-order valence-electron chi connectivity index (χ4n) is 2.61. The first kappa shape index (κ1) is 16.5. The van der Waals surface area contributed by atoms with E-state index in [1.54, 1.807) is 6.07 Å². The van der Waals surface area contributed by atoms with Gasteiger partial charge < -0.3 is 5.32 Å². The second-order valence-corrected chi connectivity index (χ2v) is 7.99. The zero-order chi connectivity index (χ0) is 16.7. The molecule has 1 aliphatic rings. The molecule has 0 aromatic heterocycles. The molecule has 1 heterocycles. The first-order chi connectivity index (χ1) is 10.1. The number of amides is 2. The number of hydrogen-bond donors (Lipinski definition) is 1. The third-order valence-electron chi connectivity index (χ3n) is 3.56. The number of nitrogens with zero attached hydrogens (tertiary/aromatic N) is 1. The van der Waals surface area contributed by atoms with Crippen LogP contribution in [-0.2, 0) is 19.4 Å². The van der Waals surface area contributed by atoms with Crippen molar-refractivity contribution in [3.05, 3.63) is 18.2 Å². The molecule has 120 valence electrons. The van der Waals surface area contributed by atoms with E-state index in [2.05, 4.69) is 5.32 Å². The standard InChI is InChI=1S/C15H20N2O4S/c1-9(2)7-14-15(19)16-12-8-11(22(4,20)21)5-6-13(12)17(14)10(3)18/h5-6,8-9,14H,7H2,1-4H3,(H,16,19)/t14-/m0/s1. The molecule has 1 atom stereocenters. The number of carbonyl (C=O) groups is 2. The van der Waals surface area contributed by atoms with Gasteiger partial charge in [-0.3, -0.25) is 14.5 Å². The molecule has 0 fully saturated rings. The summed E-state index contributed by atoms with van der Waals surface area (Å²) >= 11 is 0. The van der Waals surface area contributed by atoms with Gasteiger partial charge in [0, 0.05) is 13.2 Å². The van der Waals surface area contributed by atoms with Gasteiger partial charge in [0.05, 0.1) is 16.3 Å². The van der Waals surface area contributed by atoms with Crippen molar-refractivity contribution in [3.8, 4) is 0 Å². The summed E-state index contributed by atoms with van der Waals surface area (Å²) in [4.78, 5) is 25.9. The van der Waals surface area contributed by atoms with Gasteiger partial charge in [0.15, 0.2) is 9.84 Å². The van der Waals surface area contributed by atoms with E-state index in [0.717, 1.165) is 6.26 Å². The third-order valence-corrected chi connectivity index (χ3v) is 4.67. The van der Waals surface area contributed by atoms with Crippen LogP contribution in [0.15, 0.2) is 23.1 Å². The smallest absolute Gasteiger partial charge is 0.247 e. The number of anilines is 2. The maximum atomic E-state index is 12.3. The highest BCUT2D eigenvalue weighted by atomic mass is 32.2. The van der Waals surface area contributed by atoms with E-state index in [4.69, 9.17) is 0 Å². The Morgan fingerprint density at radius 3 is 2.50 bits per heavy atom. The van der Waals surface area contributed by atoms with E-state index in [0.29, 0.717) is 17.8 Å². The van der Waals surface area contributed by atoms with Crippen LogP contribution >= 0.6 is 0 Å². The number of sulfone groups is 1. The molecular formula is C15H20N2O4S. The minimum Gasteiger partial charge on any atom is -0.322 e. The summed E-state index contributed by atoms with van der Waals surface area (Å²) in [6, 6.07) is 3.84. The van der Waals surface area contributed by atoms with E-state index in [1.807, 2.05) is 13.8 Å². The van der Waals surface area contributed by atoms with Crippen LogP contribution in [0.2, 0.25) is 0 Å². The van der Waals surface area contributed by atoms with Gasteiger partial charge in [-0.2, -0.15) is 0 Å². The van der Waals surface area contributed by atoms with Crippen molar-refractivity contribution in [2.45, 2.75) is 38.1 Å². The molecule has 7 heteroatoms. The molecule has 6 nitrogen and oxygen atoms in total. The summed E-state index contributed by atoms with van der Waals surface area (Å²) < 4.78 is 23.3. The van der Waals surface area contributed by atoms with Gasteiger partial charge in [-0.15, -0.1) is 0 Å². The van der Waals surface area contributed by atoms with Gasteiger partial charge in [0.2, 0.25) is 11.8 Å². The number of hydrogen-bond acceptors (Lipinski definition) is 4. The molecule has 0 bridgehead atoms. The molecule has 0 spiro atoms. The highest BCUT2D eigenvalue weighted by Gasteiger charge is 2.36. The van der Waals surface area contributed by atoms with E-state index < -0.39 is 15.9 Å². The third kappa shape index (κ3) is 3.14. The Hall–Kier alpha value is -1.89. The molecule has 1 aromatic rings. The number of nitrogens with one attached hydrogen (secondary N) is 1. The van der Waals surface area contributed by atoms with Crippen molar-refractivity contribution >= 4 is 33.0 Å². The molecule has 0 saturated carbocycles. The molecule has 0 aliphatic carbocycles. The maximum absolute atomic E-state index is 12.3. The largest absolute Gasteiger partial charge is 0.322 e. The molecule has 22 heavy (non-hydrogen) atoms. The highest BCUT2D eigenvalue weighted by molar-refractivity contribution is 7.90. The lowest BCUT2D eigenvalue weighted by Gasteiger charge is -2.36. The summed E-state index contributed by atoms with van der Waals surface area (Å²) in [6.45, 7) is 5.36. The molecule has 1 aliphatic heterocycles. The van der Waals surface area contributed by atoms with Crippen LogP contribution in [0.3, 0.4) is 0 Å². The Kier molecular flexibility index (Phi) is 4.28. The molecule has 0 unspecified atom stereocenters. The maximum Gasteiger partial charge on any atom is 0.247 e. The molecular weight excluding hydrogens is 304 g/mol. The highest BCUT2D eigenvalue weighted by Crippen LogP contribution is 2.35. The van der Waals surface area contributed by atoms with Crippen LogP contribution in [0.1, 0.15) is 27.2 Å². The zero-order valence-electron chi connectivity index (χ0n) is 13.1. The van der Waals surface area contributed by atoms with Crippen molar-refractivity contribution in [3.63, 3.8) is 0 Å². The molecule has 1 N–H and O–H groups in total. The van der Waals surface area contributed by atoms with E-state index in [1.165, 1.54) is 24.0 Å². The SMILES string of the molecule is CC(=O)N1c2ccc(S(C)(=O)=O)cc2NC(=O)[C@@H]1CC(C)C. The van der Waals surface area contributed by atoms with Crippen LogP contribution < -0.4 is 10.2 Å². The van der Waals surface area contributed by atoms with Gasteiger partial charge in [0.1, 0.15) is 6.04 Å². The second-order valence-electron chi connectivity index (χ2n) is 5.97. The lowest BCUT2D eigenvalue weighted by atomic mass is 9.98. The van der Waals surface area contributed by atoms with Gasteiger partial charge in [0.25, 0.3) is 0 Å². The van der Waals surface area contributed by atoms with Crippen LogP contribution in [-0.4, -0.2) is 32.5 Å². The van der Waals surface area contributed by atoms with Gasteiger partial charge >= 0.3 is 0 Å². The second kappa shape index (κ2) is 5.72. The van der Waals surface area contributed by atoms with E-state index in [-0.39, 0.29) is 22.6 Å². The van der Waals surface area contributed by atoms with Crippen molar-refractivity contribution in [1.82, 2.24) is 0 Å². The topological polar surface area (TPSA) is 83.6 Å². The lowest BCUT2D eigenvalue weighted by Crippen LogP contribution is -2.50. The number of carbonyl (C=O) groups excluding carboxylic acids is 2. The Morgan fingerprint density at radius 1 is 1.36 bits per heavy atom. The molecule has 1 aromatic carbocycles. The molecule has 2 amide bonds. The fourth-order valence-corrected chi connectivity index (χ4v) is 3.25. The van der Waals surface area contributed by atoms with Crippen molar-refractivity contribution in [2.75, 3.05) is 16.5 Å². The summed E-state index contributed by atoms with van der Waals surface area (Å²) in [5.41, 5.74) is 0.883. The monoisotopic (exact) mass is 324 g/mol. The first-order valence-electron chi connectivity index (χ1n) is 7.06. The van der Waals surface area contributed by atoms with Crippen LogP contribution in [0.4, 0.5) is 11.4 Å². The summed E-state index contributed by atoms with van der Waals surface area (Å²) in [6.07, 6.45) is 1.64. The van der Waals surface area contributed by atoms with E-state index >= 15 is 0 Å². The van der Waals surface area contributed by atoms with Gasteiger partial charge in [-0.05, 0) is 30.5 Å². The summed E-state index contributed by atoms with van der Waals surface area (Å²) in [7, 11) is -3.38. The minimum atomic E-state index is -3.38. The molecule has 0 saturated heterocycles. The quantitative estimate of drug-likeness (QED) is 0.919. The predicted octanol–water partition coefficient (Wildman–Crippen LogP) is 1.81. The average molecular weight is 324 g/mol. The Balaban J connectivity index is 2.54. The van der Waals surface area contributed by atoms with Crippen molar-refractivity contribution < 1.29 is 18.0 Å². The summed E-state index contributed by atoms with van der Waals surface area (Å²) in [5.74, 6) is -0.287. The summed E-state index contributed by atoms with van der Waals surface area (Å²) in [5, 5.41) is 2.72. The van der Waals surface area contributed by atoms with Crippen molar-refractivity contribution in [1.29, 1.82) is 0 Å². The Morgan fingerprint density at radius 2 is 2.00 bits per heavy atom. The minimum absolute atomic E-state index is 0.109. The average Bonchev–Trinajstić information content (AvgIpc) is 2.36. The fraction of sp³-hybridized carbons (Fsp3) is 0.467. The Labute approximate surface area is 130 Å². The molecule has 0 radical (unpaired) electrons. The van der Waals surface area contributed by atoms with E-state index in [9.17, 15) is 18.0 Å². The predicted molar refractivity (Wildman–Crippen MR) is 84.6 cm³/mol. The number of rotatable bonds is 3. The van der Waals surface area contributed by atoms with Crippen molar-refractivity contribution in [2.24, 2.45) is 5.92 Å². The van der Waals surface area contributed by atoms with Crippen LogP contribution in [0.5, 0.6) is 0 Å².